The number of carbonyl (C=O) groups excluding carboxylic acids is 3. The van der Waals surface area contributed by atoms with E-state index in [2.05, 4.69) is 4.98 Å². The van der Waals surface area contributed by atoms with Crippen LogP contribution in [0.5, 0.6) is 0 Å². The van der Waals surface area contributed by atoms with Gasteiger partial charge in [-0.3, -0.25) is 9.59 Å². The number of likely N-dealkylation sites (N-methyl/N-ethyl adjacent to an activating group) is 1. The van der Waals surface area contributed by atoms with Crippen LogP contribution < -0.4 is 0 Å². The number of nitrogens with zero attached hydrogens (tertiary/aromatic N) is 1. The smallest absolute Gasteiger partial charge is 0.355 e. The van der Waals surface area contributed by atoms with Crippen molar-refractivity contribution in [3.63, 3.8) is 0 Å². The lowest BCUT2D eigenvalue weighted by Crippen LogP contribution is -2.45. The molecule has 1 heterocycles. The molecule has 0 aliphatic heterocycles. The van der Waals surface area contributed by atoms with Crippen LogP contribution in [0.25, 0.3) is 0 Å². The second-order valence-corrected chi connectivity index (χ2v) is 6.16. The minimum Gasteiger partial charge on any atom is -0.461 e. The zero-order chi connectivity index (χ0) is 18.6. The Labute approximate surface area is 143 Å². The molecule has 0 spiro atoms. The number of ether oxygens (including phenoxy) is 1. The summed E-state index contributed by atoms with van der Waals surface area (Å²) in [4.78, 5) is 41.8. The molecule has 6 heteroatoms. The third kappa shape index (κ3) is 3.86. The molecule has 1 rings (SSSR count). The van der Waals surface area contributed by atoms with Crippen LogP contribution in [0.3, 0.4) is 0 Å². The van der Waals surface area contributed by atoms with E-state index >= 15 is 0 Å². The van der Waals surface area contributed by atoms with E-state index in [9.17, 15) is 14.4 Å². The molecule has 0 saturated carbocycles. The van der Waals surface area contributed by atoms with Gasteiger partial charge < -0.3 is 14.6 Å². The van der Waals surface area contributed by atoms with Crippen molar-refractivity contribution in [1.29, 1.82) is 0 Å². The van der Waals surface area contributed by atoms with Crippen LogP contribution in [-0.4, -0.2) is 46.7 Å². The predicted octanol–water partition coefficient (Wildman–Crippen LogP) is 2.88. The second-order valence-electron chi connectivity index (χ2n) is 6.16. The highest BCUT2D eigenvalue weighted by molar-refractivity contribution is 6.06. The molecule has 1 N–H and O–H groups in total. The van der Waals surface area contributed by atoms with E-state index in [0.717, 1.165) is 0 Å². The molecule has 1 atom stereocenters. The summed E-state index contributed by atoms with van der Waals surface area (Å²) in [7, 11) is 0. The number of amides is 1. The van der Waals surface area contributed by atoms with Crippen LogP contribution in [0.15, 0.2) is 0 Å². The molecule has 0 aliphatic carbocycles. The second kappa shape index (κ2) is 8.13. The van der Waals surface area contributed by atoms with Crippen LogP contribution >= 0.6 is 0 Å². The number of aromatic amines is 1. The normalized spacial score (nSPS) is 12.2. The monoisotopic (exact) mass is 336 g/mol. The van der Waals surface area contributed by atoms with Crippen LogP contribution in [-0.2, 0) is 9.53 Å². The van der Waals surface area contributed by atoms with Gasteiger partial charge in [0.15, 0.2) is 5.78 Å². The number of ketones is 1. The van der Waals surface area contributed by atoms with Crippen molar-refractivity contribution in [3.05, 3.63) is 22.5 Å². The molecule has 1 aromatic rings. The number of H-pyrrole nitrogens is 1. The standard InChI is InChI=1S/C18H28N2O4/c1-8-20(17(22)10(3)4)13(7)16(21)14-11(5)15(19-12(14)6)18(23)24-9-2/h10,13,19H,8-9H2,1-7H3. The Morgan fingerprint density at radius 3 is 2.17 bits per heavy atom. The summed E-state index contributed by atoms with van der Waals surface area (Å²) < 4.78 is 5.01. The molecule has 0 aromatic carbocycles. The van der Waals surface area contributed by atoms with Crippen LogP contribution in [0, 0.1) is 19.8 Å². The molecule has 134 valence electrons. The van der Waals surface area contributed by atoms with Crippen molar-refractivity contribution in [3.8, 4) is 0 Å². The van der Waals surface area contributed by atoms with Gasteiger partial charge in [0.25, 0.3) is 0 Å². The zero-order valence-electron chi connectivity index (χ0n) is 15.6. The van der Waals surface area contributed by atoms with Gasteiger partial charge in [-0.2, -0.15) is 0 Å². The van der Waals surface area contributed by atoms with Gasteiger partial charge in [-0.15, -0.1) is 0 Å². The van der Waals surface area contributed by atoms with Gasteiger partial charge in [0.1, 0.15) is 5.69 Å². The highest BCUT2D eigenvalue weighted by atomic mass is 16.5. The van der Waals surface area contributed by atoms with E-state index in [4.69, 9.17) is 4.74 Å². The maximum atomic E-state index is 12.9. The fourth-order valence-electron chi connectivity index (χ4n) is 2.83. The molecule has 1 aromatic heterocycles. The summed E-state index contributed by atoms with van der Waals surface area (Å²) in [5.74, 6) is -0.887. The Morgan fingerprint density at radius 2 is 1.71 bits per heavy atom. The van der Waals surface area contributed by atoms with Crippen molar-refractivity contribution in [2.24, 2.45) is 5.92 Å². The Balaban J connectivity index is 3.19. The average Bonchev–Trinajstić information content (AvgIpc) is 2.82. The van der Waals surface area contributed by atoms with Crippen LogP contribution in [0.1, 0.15) is 66.7 Å². The maximum absolute atomic E-state index is 12.9. The van der Waals surface area contributed by atoms with E-state index in [1.54, 1.807) is 32.6 Å². The van der Waals surface area contributed by atoms with Crippen molar-refractivity contribution >= 4 is 17.7 Å². The lowest BCUT2D eigenvalue weighted by atomic mass is 9.99. The summed E-state index contributed by atoms with van der Waals surface area (Å²) >= 11 is 0. The molecule has 0 aliphatic rings. The molecular formula is C18H28N2O4. The first-order valence-corrected chi connectivity index (χ1v) is 8.38. The number of hydrogen-bond donors (Lipinski definition) is 1. The van der Waals surface area contributed by atoms with E-state index in [1.165, 1.54) is 0 Å². The van der Waals surface area contributed by atoms with Gasteiger partial charge in [-0.05, 0) is 40.2 Å². The number of aryl methyl sites for hydroxylation is 1. The van der Waals surface area contributed by atoms with Crippen LogP contribution in [0.4, 0.5) is 0 Å². The van der Waals surface area contributed by atoms with Gasteiger partial charge >= 0.3 is 5.97 Å². The van der Waals surface area contributed by atoms with Crippen molar-refractivity contribution in [1.82, 2.24) is 9.88 Å². The highest BCUT2D eigenvalue weighted by Gasteiger charge is 2.31. The third-order valence-corrected chi connectivity index (χ3v) is 4.13. The minimum absolute atomic E-state index is 0.0604. The van der Waals surface area contributed by atoms with Gasteiger partial charge in [-0.25, -0.2) is 4.79 Å². The third-order valence-electron chi connectivity index (χ3n) is 4.13. The Kier molecular flexibility index (Phi) is 6.75. The van der Waals surface area contributed by atoms with E-state index in [1.807, 2.05) is 20.8 Å². The Bertz CT molecular complexity index is 631. The Hall–Kier alpha value is -2.11. The summed E-state index contributed by atoms with van der Waals surface area (Å²) in [6, 6.07) is -0.590. The first-order chi connectivity index (χ1) is 11.2. The number of carbonyl (C=O) groups is 3. The molecule has 1 unspecified atom stereocenters. The van der Waals surface area contributed by atoms with Gasteiger partial charge in [0.2, 0.25) is 5.91 Å². The summed E-state index contributed by atoms with van der Waals surface area (Å²) in [6.45, 7) is 13.1. The van der Waals surface area contributed by atoms with E-state index in [-0.39, 0.29) is 24.2 Å². The van der Waals surface area contributed by atoms with Gasteiger partial charge in [0.05, 0.1) is 12.6 Å². The number of hydrogen-bond acceptors (Lipinski definition) is 4. The lowest BCUT2D eigenvalue weighted by Gasteiger charge is -2.29. The van der Waals surface area contributed by atoms with Crippen molar-refractivity contribution < 1.29 is 19.1 Å². The first-order valence-electron chi connectivity index (χ1n) is 8.38. The molecule has 0 radical (unpaired) electrons. The summed E-state index contributed by atoms with van der Waals surface area (Å²) in [5, 5.41) is 0. The van der Waals surface area contributed by atoms with E-state index in [0.29, 0.717) is 29.1 Å². The number of esters is 1. The SMILES string of the molecule is CCOC(=O)c1[nH]c(C)c(C(=O)C(C)N(CC)C(=O)C(C)C)c1C. The minimum atomic E-state index is -0.590. The quantitative estimate of drug-likeness (QED) is 0.613. The fraction of sp³-hybridized carbons (Fsp3) is 0.611. The zero-order valence-corrected chi connectivity index (χ0v) is 15.6. The maximum Gasteiger partial charge on any atom is 0.355 e. The number of rotatable bonds is 7. The van der Waals surface area contributed by atoms with Gasteiger partial charge in [-0.1, -0.05) is 13.8 Å². The highest BCUT2D eigenvalue weighted by Crippen LogP contribution is 2.22. The number of Topliss-reactive ketones (excluding diaryl/α,β-unsaturated/α-hetero) is 1. The predicted molar refractivity (Wildman–Crippen MR) is 92.2 cm³/mol. The topological polar surface area (TPSA) is 79.5 Å². The lowest BCUT2D eigenvalue weighted by molar-refractivity contribution is -0.135. The fourth-order valence-corrected chi connectivity index (χ4v) is 2.83. The van der Waals surface area contributed by atoms with Gasteiger partial charge in [0, 0.05) is 23.7 Å². The number of nitrogens with one attached hydrogen (secondary N) is 1. The largest absolute Gasteiger partial charge is 0.461 e. The first kappa shape index (κ1) is 19.9. The summed E-state index contributed by atoms with van der Waals surface area (Å²) in [6.07, 6.45) is 0. The molecular weight excluding hydrogens is 308 g/mol. The Morgan fingerprint density at radius 1 is 1.12 bits per heavy atom. The molecule has 0 bridgehead atoms. The molecule has 24 heavy (non-hydrogen) atoms. The summed E-state index contributed by atoms with van der Waals surface area (Å²) in [5.41, 5.74) is 1.93. The molecule has 1 amide bonds. The number of aromatic nitrogens is 1. The van der Waals surface area contributed by atoms with Crippen LogP contribution in [0.2, 0.25) is 0 Å². The molecule has 0 saturated heterocycles. The van der Waals surface area contributed by atoms with Crippen molar-refractivity contribution in [2.75, 3.05) is 13.2 Å². The molecule has 6 nitrogen and oxygen atoms in total. The molecule has 0 fully saturated rings. The van der Waals surface area contributed by atoms with Crippen molar-refractivity contribution in [2.45, 2.75) is 54.5 Å². The average molecular weight is 336 g/mol. The van der Waals surface area contributed by atoms with E-state index < -0.39 is 12.0 Å².